The number of nitrogens with zero attached hydrogens (tertiary/aromatic N) is 1. The van der Waals surface area contributed by atoms with Gasteiger partial charge in [-0.1, -0.05) is 6.92 Å². The topological polar surface area (TPSA) is 35.5 Å². The van der Waals surface area contributed by atoms with E-state index in [1.165, 1.54) is 19.4 Å². The molecular weight excluding hydrogens is 176 g/mol. The van der Waals surface area contributed by atoms with E-state index in [4.69, 9.17) is 0 Å². The molecule has 2 aliphatic rings. The highest BCUT2D eigenvalue weighted by atomic mass is 16.3. The normalized spacial score (nSPS) is 34.7. The molecule has 2 N–H and O–H groups in total. The van der Waals surface area contributed by atoms with E-state index in [2.05, 4.69) is 17.1 Å². The quantitative estimate of drug-likeness (QED) is 0.688. The van der Waals surface area contributed by atoms with Crippen molar-refractivity contribution in [2.75, 3.05) is 26.2 Å². The fraction of sp³-hybridized carbons (Fsp3) is 1.00. The molecule has 3 heteroatoms. The second-order valence-electron chi connectivity index (χ2n) is 4.62. The predicted molar refractivity (Wildman–Crippen MR) is 57.3 cm³/mol. The molecule has 0 aromatic heterocycles. The maximum absolute atomic E-state index is 9.27. The van der Waals surface area contributed by atoms with Crippen molar-refractivity contribution in [2.45, 2.75) is 38.3 Å². The van der Waals surface area contributed by atoms with Crippen LogP contribution in [0.3, 0.4) is 0 Å². The van der Waals surface area contributed by atoms with Crippen molar-refractivity contribution in [3.8, 4) is 0 Å². The number of aliphatic hydroxyl groups is 1. The number of nitrogens with one attached hydrogen (secondary N) is 1. The van der Waals surface area contributed by atoms with Crippen LogP contribution in [0.4, 0.5) is 0 Å². The van der Waals surface area contributed by atoms with E-state index < -0.39 is 0 Å². The Morgan fingerprint density at radius 1 is 1.36 bits per heavy atom. The van der Waals surface area contributed by atoms with E-state index in [0.29, 0.717) is 18.6 Å². The Balaban J connectivity index is 1.86. The lowest BCUT2D eigenvalue weighted by Gasteiger charge is -2.38. The van der Waals surface area contributed by atoms with E-state index >= 15 is 0 Å². The van der Waals surface area contributed by atoms with Gasteiger partial charge < -0.3 is 10.4 Å². The lowest BCUT2D eigenvalue weighted by atomic mass is 9.92. The molecular formula is C11H22N2O. The molecule has 0 spiro atoms. The summed E-state index contributed by atoms with van der Waals surface area (Å²) < 4.78 is 0. The van der Waals surface area contributed by atoms with Crippen LogP contribution in [-0.4, -0.2) is 48.3 Å². The molecule has 0 amide bonds. The molecule has 0 aromatic carbocycles. The molecule has 14 heavy (non-hydrogen) atoms. The zero-order chi connectivity index (χ0) is 9.97. The molecule has 0 bridgehead atoms. The highest BCUT2D eigenvalue weighted by Crippen LogP contribution is 2.30. The van der Waals surface area contributed by atoms with Crippen LogP contribution in [0.25, 0.3) is 0 Å². The number of hydrogen-bond donors (Lipinski definition) is 2. The number of piperidine rings is 1. The van der Waals surface area contributed by atoms with Gasteiger partial charge >= 0.3 is 0 Å². The third-order valence-corrected chi connectivity index (χ3v) is 3.55. The average molecular weight is 198 g/mol. The molecule has 1 heterocycles. The molecule has 1 aliphatic carbocycles. The van der Waals surface area contributed by atoms with Crippen molar-refractivity contribution in [3.63, 3.8) is 0 Å². The highest BCUT2D eigenvalue weighted by molar-refractivity contribution is 4.92. The van der Waals surface area contributed by atoms with E-state index in [1.54, 1.807) is 0 Å². The largest absolute Gasteiger partial charge is 0.396 e. The van der Waals surface area contributed by atoms with Crippen molar-refractivity contribution in [1.82, 2.24) is 10.2 Å². The minimum absolute atomic E-state index is 0.343. The van der Waals surface area contributed by atoms with E-state index in [-0.39, 0.29) is 0 Å². The van der Waals surface area contributed by atoms with E-state index in [0.717, 1.165) is 25.6 Å². The molecule has 0 aromatic rings. The van der Waals surface area contributed by atoms with Gasteiger partial charge in [0.2, 0.25) is 0 Å². The molecule has 0 radical (unpaired) electrons. The summed E-state index contributed by atoms with van der Waals surface area (Å²) in [5, 5.41) is 12.8. The Bertz CT molecular complexity index is 182. The summed E-state index contributed by atoms with van der Waals surface area (Å²) in [4.78, 5) is 2.60. The monoisotopic (exact) mass is 198 g/mol. The standard InChI is InChI=1S/C11H22N2O/c1-2-12-11-7-13(10-3-4-10)6-5-9(11)8-14/h9-12,14H,2-8H2,1H3. The molecule has 82 valence electrons. The molecule has 2 atom stereocenters. The lowest BCUT2D eigenvalue weighted by molar-refractivity contribution is 0.0919. The van der Waals surface area contributed by atoms with Gasteiger partial charge in [0.15, 0.2) is 0 Å². The van der Waals surface area contributed by atoms with Crippen LogP contribution in [0, 0.1) is 5.92 Å². The van der Waals surface area contributed by atoms with Crippen LogP contribution in [0.2, 0.25) is 0 Å². The van der Waals surface area contributed by atoms with Crippen molar-refractivity contribution in [1.29, 1.82) is 0 Å². The van der Waals surface area contributed by atoms with Crippen molar-refractivity contribution >= 4 is 0 Å². The average Bonchev–Trinajstić information content (AvgIpc) is 3.01. The maximum atomic E-state index is 9.27. The van der Waals surface area contributed by atoms with Gasteiger partial charge in [-0.05, 0) is 38.3 Å². The van der Waals surface area contributed by atoms with Crippen LogP contribution in [-0.2, 0) is 0 Å². The van der Waals surface area contributed by atoms with Crippen LogP contribution in [0.15, 0.2) is 0 Å². The van der Waals surface area contributed by atoms with Gasteiger partial charge in [-0.25, -0.2) is 0 Å². The first-order valence-electron chi connectivity index (χ1n) is 5.93. The third-order valence-electron chi connectivity index (χ3n) is 3.55. The number of rotatable bonds is 4. The molecule has 2 fully saturated rings. The van der Waals surface area contributed by atoms with Gasteiger partial charge in [0, 0.05) is 25.2 Å². The van der Waals surface area contributed by atoms with Gasteiger partial charge in [-0.3, -0.25) is 4.90 Å². The summed E-state index contributed by atoms with van der Waals surface area (Å²) in [5.74, 6) is 0.477. The number of likely N-dealkylation sites (N-methyl/N-ethyl adjacent to an activating group) is 1. The summed E-state index contributed by atoms with van der Waals surface area (Å²) in [6, 6.07) is 1.38. The Morgan fingerprint density at radius 3 is 2.71 bits per heavy atom. The summed E-state index contributed by atoms with van der Waals surface area (Å²) in [6.07, 6.45) is 3.94. The molecule has 3 nitrogen and oxygen atoms in total. The van der Waals surface area contributed by atoms with Crippen molar-refractivity contribution in [2.24, 2.45) is 5.92 Å². The first kappa shape index (κ1) is 10.4. The van der Waals surface area contributed by atoms with Crippen LogP contribution >= 0.6 is 0 Å². The van der Waals surface area contributed by atoms with Gasteiger partial charge in [-0.2, -0.15) is 0 Å². The Hall–Kier alpha value is -0.120. The zero-order valence-corrected chi connectivity index (χ0v) is 9.08. The van der Waals surface area contributed by atoms with Gasteiger partial charge in [0.1, 0.15) is 0 Å². The van der Waals surface area contributed by atoms with E-state index in [1.807, 2.05) is 0 Å². The number of aliphatic hydroxyl groups excluding tert-OH is 1. The fourth-order valence-corrected chi connectivity index (χ4v) is 2.51. The Labute approximate surface area is 86.5 Å². The van der Waals surface area contributed by atoms with E-state index in [9.17, 15) is 5.11 Å². The van der Waals surface area contributed by atoms with Gasteiger partial charge in [0.05, 0.1) is 0 Å². The summed E-state index contributed by atoms with van der Waals surface area (Å²) in [5.41, 5.74) is 0. The maximum Gasteiger partial charge on any atom is 0.0475 e. The second kappa shape index (κ2) is 4.60. The Kier molecular flexibility index (Phi) is 3.42. The minimum Gasteiger partial charge on any atom is -0.396 e. The smallest absolute Gasteiger partial charge is 0.0475 e. The molecule has 1 aliphatic heterocycles. The molecule has 1 saturated heterocycles. The fourth-order valence-electron chi connectivity index (χ4n) is 2.51. The van der Waals surface area contributed by atoms with Crippen LogP contribution < -0.4 is 5.32 Å². The SMILES string of the molecule is CCNC1CN(C2CC2)CCC1CO. The van der Waals surface area contributed by atoms with Gasteiger partial charge in [-0.15, -0.1) is 0 Å². The highest BCUT2D eigenvalue weighted by Gasteiger charge is 2.35. The van der Waals surface area contributed by atoms with Crippen LogP contribution in [0.1, 0.15) is 26.2 Å². The van der Waals surface area contributed by atoms with Gasteiger partial charge in [0.25, 0.3) is 0 Å². The summed E-state index contributed by atoms with van der Waals surface area (Å²) >= 11 is 0. The minimum atomic E-state index is 0.343. The first-order chi connectivity index (χ1) is 6.85. The van der Waals surface area contributed by atoms with Crippen molar-refractivity contribution in [3.05, 3.63) is 0 Å². The summed E-state index contributed by atoms with van der Waals surface area (Å²) in [7, 11) is 0. The molecule has 2 unspecified atom stereocenters. The molecule has 1 saturated carbocycles. The Morgan fingerprint density at radius 2 is 2.14 bits per heavy atom. The molecule has 2 rings (SSSR count). The van der Waals surface area contributed by atoms with Crippen LogP contribution in [0.5, 0.6) is 0 Å². The van der Waals surface area contributed by atoms with Crippen molar-refractivity contribution < 1.29 is 5.11 Å². The zero-order valence-electron chi connectivity index (χ0n) is 9.08. The second-order valence-corrected chi connectivity index (χ2v) is 4.62. The third kappa shape index (κ3) is 2.27. The number of likely N-dealkylation sites (tertiary alicyclic amines) is 1. The predicted octanol–water partition coefficient (Wildman–Crippen LogP) is 0.441. The number of hydrogen-bond acceptors (Lipinski definition) is 3. The first-order valence-corrected chi connectivity index (χ1v) is 5.93. The lowest BCUT2D eigenvalue weighted by Crippen LogP contribution is -2.52. The summed E-state index contributed by atoms with van der Waals surface area (Å²) in [6.45, 7) is 5.84.